The van der Waals surface area contributed by atoms with Crippen LogP contribution >= 0.6 is 11.3 Å². The molecule has 0 aliphatic rings. The Hall–Kier alpha value is -0.380. The van der Waals surface area contributed by atoms with E-state index in [0.29, 0.717) is 6.54 Å². The van der Waals surface area contributed by atoms with E-state index in [-0.39, 0.29) is 0 Å². The van der Waals surface area contributed by atoms with Crippen molar-refractivity contribution < 1.29 is 0 Å². The van der Waals surface area contributed by atoms with Gasteiger partial charge in [-0.05, 0) is 31.6 Å². The van der Waals surface area contributed by atoms with Gasteiger partial charge in [0.2, 0.25) is 0 Å². The minimum Gasteiger partial charge on any atom is -0.326 e. The maximum Gasteiger partial charge on any atom is 0.0327 e. The summed E-state index contributed by atoms with van der Waals surface area (Å²) in [6, 6.07) is 4.36. The third-order valence-electron chi connectivity index (χ3n) is 2.57. The van der Waals surface area contributed by atoms with E-state index in [4.69, 9.17) is 5.73 Å². The monoisotopic (exact) mass is 226 g/mol. The Kier molecular flexibility index (Phi) is 5.91. The molecule has 3 heteroatoms. The van der Waals surface area contributed by atoms with Crippen LogP contribution < -0.4 is 5.73 Å². The number of thiophene rings is 1. The molecule has 15 heavy (non-hydrogen) atoms. The van der Waals surface area contributed by atoms with Gasteiger partial charge < -0.3 is 5.73 Å². The topological polar surface area (TPSA) is 29.3 Å². The molecule has 0 radical (unpaired) electrons. The molecule has 2 nitrogen and oxygen atoms in total. The van der Waals surface area contributed by atoms with E-state index in [1.807, 2.05) is 11.3 Å². The van der Waals surface area contributed by atoms with E-state index in [2.05, 4.69) is 30.9 Å². The fourth-order valence-electron chi connectivity index (χ4n) is 1.57. The number of hydrogen-bond donors (Lipinski definition) is 1. The molecule has 0 spiro atoms. The lowest BCUT2D eigenvalue weighted by atomic mass is 10.3. The van der Waals surface area contributed by atoms with Gasteiger partial charge in [0.25, 0.3) is 0 Å². The Bertz CT molecular complexity index is 270. The van der Waals surface area contributed by atoms with Crippen LogP contribution in [0.1, 0.15) is 36.4 Å². The van der Waals surface area contributed by atoms with E-state index in [1.54, 1.807) is 0 Å². The van der Waals surface area contributed by atoms with Crippen molar-refractivity contribution in [3.05, 3.63) is 21.9 Å². The lowest BCUT2D eigenvalue weighted by Gasteiger charge is -2.18. The zero-order chi connectivity index (χ0) is 11.1. The summed E-state index contributed by atoms with van der Waals surface area (Å²) in [5, 5.41) is 0. The van der Waals surface area contributed by atoms with Crippen molar-refractivity contribution in [3.8, 4) is 0 Å². The highest BCUT2D eigenvalue weighted by molar-refractivity contribution is 7.11. The summed E-state index contributed by atoms with van der Waals surface area (Å²) >= 11 is 1.84. The van der Waals surface area contributed by atoms with Gasteiger partial charge in [0.05, 0.1) is 0 Å². The average molecular weight is 226 g/mol. The quantitative estimate of drug-likeness (QED) is 0.774. The second kappa shape index (κ2) is 6.99. The molecule has 0 aliphatic carbocycles. The molecule has 0 saturated carbocycles. The molecule has 0 saturated heterocycles. The summed E-state index contributed by atoms with van der Waals surface area (Å²) in [6.45, 7) is 8.57. The van der Waals surface area contributed by atoms with Crippen molar-refractivity contribution in [3.63, 3.8) is 0 Å². The number of unbranched alkanes of at least 4 members (excludes halogenated alkanes) is 1. The highest BCUT2D eigenvalue weighted by Gasteiger charge is 2.05. The normalized spacial score (nSPS) is 11.2. The van der Waals surface area contributed by atoms with Gasteiger partial charge in [-0.25, -0.2) is 0 Å². The molecule has 0 aromatic carbocycles. The molecular formula is C12H22N2S. The van der Waals surface area contributed by atoms with Crippen LogP contribution in [0.15, 0.2) is 12.1 Å². The van der Waals surface area contributed by atoms with Crippen molar-refractivity contribution in [2.45, 2.75) is 39.8 Å². The SMILES string of the molecule is CCCCN(CC)Cc1ccc(CN)s1. The minimum absolute atomic E-state index is 0.672. The molecule has 1 aromatic rings. The Morgan fingerprint density at radius 2 is 2.00 bits per heavy atom. The smallest absolute Gasteiger partial charge is 0.0327 e. The molecule has 1 heterocycles. The van der Waals surface area contributed by atoms with Crippen LogP contribution in [0.25, 0.3) is 0 Å². The third kappa shape index (κ3) is 4.33. The summed E-state index contributed by atoms with van der Waals surface area (Å²) in [6.07, 6.45) is 2.57. The van der Waals surface area contributed by atoms with Gasteiger partial charge in [0.1, 0.15) is 0 Å². The predicted octanol–water partition coefficient (Wildman–Crippen LogP) is 2.83. The van der Waals surface area contributed by atoms with Gasteiger partial charge in [-0.1, -0.05) is 20.3 Å². The first kappa shape index (κ1) is 12.7. The molecule has 1 aromatic heterocycles. The average Bonchev–Trinajstić information content (AvgIpc) is 2.71. The van der Waals surface area contributed by atoms with Crippen molar-refractivity contribution in [2.24, 2.45) is 5.73 Å². The summed E-state index contributed by atoms with van der Waals surface area (Å²) < 4.78 is 0. The summed E-state index contributed by atoms with van der Waals surface area (Å²) in [7, 11) is 0. The molecule has 0 aliphatic heterocycles. The van der Waals surface area contributed by atoms with Crippen molar-refractivity contribution in [2.75, 3.05) is 13.1 Å². The molecule has 0 atom stereocenters. The Labute approximate surface area is 97.1 Å². The molecular weight excluding hydrogens is 204 g/mol. The Balaban J connectivity index is 2.43. The second-order valence-electron chi connectivity index (χ2n) is 3.79. The van der Waals surface area contributed by atoms with E-state index in [9.17, 15) is 0 Å². The largest absolute Gasteiger partial charge is 0.326 e. The van der Waals surface area contributed by atoms with Crippen LogP contribution in [0, 0.1) is 0 Å². The first-order chi connectivity index (χ1) is 7.30. The fourth-order valence-corrected chi connectivity index (χ4v) is 2.51. The van der Waals surface area contributed by atoms with Crippen molar-refractivity contribution in [1.82, 2.24) is 4.90 Å². The van der Waals surface area contributed by atoms with Gasteiger partial charge in [-0.2, -0.15) is 0 Å². The van der Waals surface area contributed by atoms with Gasteiger partial charge in [-0.15, -0.1) is 11.3 Å². The molecule has 0 unspecified atom stereocenters. The Morgan fingerprint density at radius 1 is 1.27 bits per heavy atom. The summed E-state index contributed by atoms with van der Waals surface area (Å²) in [4.78, 5) is 5.22. The van der Waals surface area contributed by atoms with Crippen LogP contribution in [0.4, 0.5) is 0 Å². The standard InChI is InChI=1S/C12H22N2S/c1-3-5-8-14(4-2)10-12-7-6-11(9-13)15-12/h6-7H,3-5,8-10,13H2,1-2H3. The van der Waals surface area contributed by atoms with Gasteiger partial charge in [0, 0.05) is 22.8 Å². The van der Waals surface area contributed by atoms with Gasteiger partial charge >= 0.3 is 0 Å². The van der Waals surface area contributed by atoms with Gasteiger partial charge in [0.15, 0.2) is 0 Å². The highest BCUT2D eigenvalue weighted by atomic mass is 32.1. The lowest BCUT2D eigenvalue weighted by Crippen LogP contribution is -2.23. The zero-order valence-electron chi connectivity index (χ0n) is 9.83. The Morgan fingerprint density at radius 3 is 2.53 bits per heavy atom. The zero-order valence-corrected chi connectivity index (χ0v) is 10.6. The summed E-state index contributed by atoms with van der Waals surface area (Å²) in [5.41, 5.74) is 5.60. The van der Waals surface area contributed by atoms with Crippen molar-refractivity contribution >= 4 is 11.3 Å². The van der Waals surface area contributed by atoms with Crippen LogP contribution in [-0.4, -0.2) is 18.0 Å². The van der Waals surface area contributed by atoms with Crippen LogP contribution in [0.2, 0.25) is 0 Å². The van der Waals surface area contributed by atoms with E-state index in [1.165, 1.54) is 29.1 Å². The number of nitrogens with zero attached hydrogens (tertiary/aromatic N) is 1. The van der Waals surface area contributed by atoms with Gasteiger partial charge in [-0.3, -0.25) is 4.90 Å². The van der Waals surface area contributed by atoms with E-state index < -0.39 is 0 Å². The highest BCUT2D eigenvalue weighted by Crippen LogP contribution is 2.17. The molecule has 0 amide bonds. The second-order valence-corrected chi connectivity index (χ2v) is 5.05. The maximum absolute atomic E-state index is 5.60. The fraction of sp³-hybridized carbons (Fsp3) is 0.667. The lowest BCUT2D eigenvalue weighted by molar-refractivity contribution is 0.278. The molecule has 0 bridgehead atoms. The third-order valence-corrected chi connectivity index (χ3v) is 3.67. The number of hydrogen-bond acceptors (Lipinski definition) is 3. The van der Waals surface area contributed by atoms with Crippen LogP contribution in [0.5, 0.6) is 0 Å². The number of rotatable bonds is 7. The van der Waals surface area contributed by atoms with Crippen LogP contribution in [0.3, 0.4) is 0 Å². The first-order valence-electron chi connectivity index (χ1n) is 5.80. The predicted molar refractivity (Wildman–Crippen MR) is 68.1 cm³/mol. The van der Waals surface area contributed by atoms with Crippen molar-refractivity contribution in [1.29, 1.82) is 0 Å². The molecule has 2 N–H and O–H groups in total. The number of nitrogens with two attached hydrogens (primary N) is 1. The molecule has 1 rings (SSSR count). The maximum atomic E-state index is 5.60. The molecule has 86 valence electrons. The molecule has 0 fully saturated rings. The first-order valence-corrected chi connectivity index (χ1v) is 6.61. The summed E-state index contributed by atoms with van der Waals surface area (Å²) in [5.74, 6) is 0. The minimum atomic E-state index is 0.672. The van der Waals surface area contributed by atoms with E-state index >= 15 is 0 Å². The van der Waals surface area contributed by atoms with E-state index in [0.717, 1.165) is 13.1 Å². The van der Waals surface area contributed by atoms with Crippen LogP contribution in [-0.2, 0) is 13.1 Å².